The maximum absolute atomic E-state index is 10.6. The molecule has 37 heavy (non-hydrogen) atoms. The SMILES string of the molecule is CC(C)N1CCN(C2CCC(N)CC2)CC1.O=C(O)C(F)(F)F.O=C(O)C(F)(F)F.O=C(O)C(F)(F)F. The van der Waals surface area contributed by atoms with Gasteiger partial charge in [0, 0.05) is 44.3 Å². The lowest BCUT2D eigenvalue weighted by molar-refractivity contribution is -0.193. The molecule has 9 nitrogen and oxygen atoms in total. The van der Waals surface area contributed by atoms with Crippen molar-refractivity contribution in [2.75, 3.05) is 26.2 Å². The number of carboxylic acids is 3. The molecule has 0 unspecified atom stereocenters. The predicted molar refractivity (Wildman–Crippen MR) is 110 cm³/mol. The summed E-state index contributed by atoms with van der Waals surface area (Å²) >= 11 is 0. The Kier molecular flexibility index (Phi) is 15.7. The molecule has 0 aromatic heterocycles. The van der Waals surface area contributed by atoms with Gasteiger partial charge in [-0.25, -0.2) is 14.4 Å². The van der Waals surface area contributed by atoms with E-state index in [1.165, 1.54) is 51.9 Å². The number of halogens is 9. The Labute approximate surface area is 206 Å². The standard InChI is InChI=1S/C13H27N3.3C2HF3O2/c1-11(2)15-7-9-16(10-8-15)13-5-3-12(14)4-6-13;3*3-2(4,5)1(6)7/h11-13H,3-10,14H2,1-2H3;3*(H,6,7). The average molecular weight is 567 g/mol. The number of piperazine rings is 1. The third-order valence-electron chi connectivity index (χ3n) is 5.06. The number of hydrogen-bond donors (Lipinski definition) is 4. The zero-order chi connectivity index (χ0) is 29.8. The Morgan fingerprint density at radius 3 is 1.16 bits per heavy atom. The van der Waals surface area contributed by atoms with Crippen LogP contribution in [0.25, 0.3) is 0 Å². The monoisotopic (exact) mass is 567 g/mol. The van der Waals surface area contributed by atoms with E-state index in [9.17, 15) is 39.5 Å². The fraction of sp³-hybridized carbons (Fsp3) is 0.842. The van der Waals surface area contributed by atoms with Gasteiger partial charge in [0.25, 0.3) is 0 Å². The number of rotatable bonds is 2. The zero-order valence-corrected chi connectivity index (χ0v) is 19.8. The summed E-state index contributed by atoms with van der Waals surface area (Å²) in [4.78, 5) is 32.0. The molecular weight excluding hydrogens is 537 g/mol. The molecule has 1 saturated heterocycles. The van der Waals surface area contributed by atoms with Gasteiger partial charge in [-0.3, -0.25) is 9.80 Å². The van der Waals surface area contributed by atoms with Crippen molar-refractivity contribution in [2.24, 2.45) is 5.73 Å². The van der Waals surface area contributed by atoms with Crippen molar-refractivity contribution in [3.8, 4) is 0 Å². The van der Waals surface area contributed by atoms with E-state index >= 15 is 0 Å². The highest BCUT2D eigenvalue weighted by atomic mass is 19.4. The summed E-state index contributed by atoms with van der Waals surface area (Å²) in [6.07, 6.45) is -10.1. The summed E-state index contributed by atoms with van der Waals surface area (Å²) < 4.78 is 95.2. The minimum Gasteiger partial charge on any atom is -0.475 e. The van der Waals surface area contributed by atoms with Gasteiger partial charge in [0.15, 0.2) is 0 Å². The van der Waals surface area contributed by atoms with Crippen molar-refractivity contribution in [3.63, 3.8) is 0 Å². The summed E-state index contributed by atoms with van der Waals surface area (Å²) in [7, 11) is 0. The molecule has 1 aliphatic carbocycles. The Morgan fingerprint density at radius 1 is 0.676 bits per heavy atom. The molecule has 0 amide bonds. The van der Waals surface area contributed by atoms with E-state index in [0.29, 0.717) is 12.1 Å². The van der Waals surface area contributed by atoms with Crippen molar-refractivity contribution >= 4 is 17.9 Å². The van der Waals surface area contributed by atoms with Crippen LogP contribution in [0, 0.1) is 0 Å². The van der Waals surface area contributed by atoms with E-state index in [0.717, 1.165) is 6.04 Å². The summed E-state index contributed by atoms with van der Waals surface area (Å²) in [6, 6.07) is 2.02. The van der Waals surface area contributed by atoms with Gasteiger partial charge >= 0.3 is 36.4 Å². The van der Waals surface area contributed by atoms with E-state index in [1.807, 2.05) is 0 Å². The second-order valence-corrected chi connectivity index (χ2v) is 8.14. The van der Waals surface area contributed by atoms with Crippen LogP contribution in [0.1, 0.15) is 39.5 Å². The van der Waals surface area contributed by atoms with Gasteiger partial charge in [-0.1, -0.05) is 0 Å². The summed E-state index contributed by atoms with van der Waals surface area (Å²) in [5, 5.41) is 21.4. The molecule has 1 saturated carbocycles. The van der Waals surface area contributed by atoms with Gasteiger partial charge in [-0.05, 0) is 39.5 Å². The van der Waals surface area contributed by atoms with Gasteiger partial charge in [0.2, 0.25) is 0 Å². The molecule has 220 valence electrons. The fourth-order valence-electron chi connectivity index (χ4n) is 3.09. The first kappa shape index (κ1) is 36.8. The van der Waals surface area contributed by atoms with Crippen LogP contribution in [0.3, 0.4) is 0 Å². The summed E-state index contributed by atoms with van der Waals surface area (Å²) in [6.45, 7) is 9.63. The average Bonchev–Trinajstić information content (AvgIpc) is 2.73. The van der Waals surface area contributed by atoms with Crippen molar-refractivity contribution < 1.29 is 69.2 Å². The zero-order valence-electron chi connectivity index (χ0n) is 19.8. The van der Waals surface area contributed by atoms with Crippen LogP contribution in [-0.4, -0.2) is 106 Å². The van der Waals surface area contributed by atoms with Crippen molar-refractivity contribution in [2.45, 2.75) is 76.2 Å². The molecule has 5 N–H and O–H groups in total. The predicted octanol–water partition coefficient (Wildman–Crippen LogP) is 3.18. The van der Waals surface area contributed by atoms with Gasteiger partial charge in [0.1, 0.15) is 0 Å². The lowest BCUT2D eigenvalue weighted by atomic mass is 9.90. The first-order valence-electron chi connectivity index (χ1n) is 10.6. The minimum atomic E-state index is -5.08. The molecule has 0 aromatic rings. The number of aliphatic carboxylic acids is 3. The summed E-state index contributed by atoms with van der Waals surface area (Å²) in [5.41, 5.74) is 5.96. The lowest BCUT2D eigenvalue weighted by Gasteiger charge is -2.42. The van der Waals surface area contributed by atoms with Crippen LogP contribution < -0.4 is 5.73 Å². The largest absolute Gasteiger partial charge is 0.490 e. The van der Waals surface area contributed by atoms with Gasteiger partial charge in [0.05, 0.1) is 0 Å². The van der Waals surface area contributed by atoms with Crippen molar-refractivity contribution in [1.29, 1.82) is 0 Å². The molecule has 18 heteroatoms. The molecule has 0 aromatic carbocycles. The molecule has 0 radical (unpaired) electrons. The number of alkyl halides is 9. The van der Waals surface area contributed by atoms with Gasteiger partial charge < -0.3 is 21.1 Å². The molecule has 2 aliphatic rings. The third-order valence-corrected chi connectivity index (χ3v) is 5.06. The minimum absolute atomic E-state index is 0.480. The number of carboxylic acid groups (broad SMARTS) is 3. The number of nitrogens with two attached hydrogens (primary N) is 1. The van der Waals surface area contributed by atoms with Crippen LogP contribution in [0.15, 0.2) is 0 Å². The highest BCUT2D eigenvalue weighted by Crippen LogP contribution is 2.23. The van der Waals surface area contributed by atoms with Crippen LogP contribution in [0.5, 0.6) is 0 Å². The van der Waals surface area contributed by atoms with E-state index in [4.69, 9.17) is 35.4 Å². The Bertz CT molecular complexity index is 642. The third kappa shape index (κ3) is 17.7. The second kappa shape index (κ2) is 15.8. The van der Waals surface area contributed by atoms with E-state index in [-0.39, 0.29) is 0 Å². The van der Waals surface area contributed by atoms with Crippen LogP contribution >= 0.6 is 0 Å². The van der Waals surface area contributed by atoms with Crippen LogP contribution in [-0.2, 0) is 14.4 Å². The van der Waals surface area contributed by atoms with Crippen LogP contribution in [0.2, 0.25) is 0 Å². The molecular formula is C19H30F9N3O6. The fourth-order valence-corrected chi connectivity index (χ4v) is 3.09. The molecule has 0 atom stereocenters. The molecule has 2 rings (SSSR count). The topological polar surface area (TPSA) is 144 Å². The molecule has 1 heterocycles. The second-order valence-electron chi connectivity index (χ2n) is 8.14. The number of hydrogen-bond acceptors (Lipinski definition) is 6. The first-order chi connectivity index (χ1) is 16.5. The quantitative estimate of drug-likeness (QED) is 0.370. The lowest BCUT2D eigenvalue weighted by Crippen LogP contribution is -2.53. The Balaban J connectivity index is 0. The Morgan fingerprint density at radius 2 is 0.946 bits per heavy atom. The number of carbonyl (C=O) groups is 3. The van der Waals surface area contributed by atoms with Crippen molar-refractivity contribution in [3.05, 3.63) is 0 Å². The van der Waals surface area contributed by atoms with Crippen LogP contribution in [0.4, 0.5) is 39.5 Å². The first-order valence-corrected chi connectivity index (χ1v) is 10.6. The van der Waals surface area contributed by atoms with Gasteiger partial charge in [-0.2, -0.15) is 39.5 Å². The molecule has 0 spiro atoms. The smallest absolute Gasteiger partial charge is 0.475 e. The highest BCUT2D eigenvalue weighted by molar-refractivity contribution is 5.73. The normalized spacial score (nSPS) is 21.3. The number of nitrogens with zero attached hydrogens (tertiary/aromatic N) is 2. The van der Waals surface area contributed by atoms with E-state index in [1.54, 1.807) is 0 Å². The van der Waals surface area contributed by atoms with Gasteiger partial charge in [-0.15, -0.1) is 0 Å². The van der Waals surface area contributed by atoms with E-state index < -0.39 is 36.4 Å². The maximum atomic E-state index is 10.6. The Hall–Kier alpha value is -2.34. The summed E-state index contributed by atoms with van der Waals surface area (Å²) in [5.74, 6) is -8.27. The molecule has 1 aliphatic heterocycles. The molecule has 0 bridgehead atoms. The highest BCUT2D eigenvalue weighted by Gasteiger charge is 2.39. The molecule has 2 fully saturated rings. The maximum Gasteiger partial charge on any atom is 0.490 e. The van der Waals surface area contributed by atoms with Crippen molar-refractivity contribution in [1.82, 2.24) is 9.80 Å². The van der Waals surface area contributed by atoms with E-state index in [2.05, 4.69) is 23.6 Å².